The topological polar surface area (TPSA) is 67.8 Å². The molecule has 0 aromatic heterocycles. The lowest BCUT2D eigenvalue weighted by Gasteiger charge is -2.41. The molecule has 0 bridgehead atoms. The minimum absolute atomic E-state index is 0.138. The Kier molecular flexibility index (Phi) is 18.1. The maximum atomic E-state index is 9.89. The SMILES string of the molecule is C[C@@H]1N[C@H](CCCCCCCCCCC2CC(CCCCCCCCCC[C@@H]3CC[C@H](O)[C@H](C)N3)C3CCCN3C2)CC[C@@H]1O. The Morgan fingerprint density at radius 3 is 1.47 bits per heavy atom. The predicted octanol–water partition coefficient (Wildman–Crippen LogP) is 8.89. The van der Waals surface area contributed by atoms with Gasteiger partial charge in [0.2, 0.25) is 0 Å². The van der Waals surface area contributed by atoms with Gasteiger partial charge in [-0.3, -0.25) is 4.90 Å². The van der Waals surface area contributed by atoms with Crippen molar-refractivity contribution >= 4 is 0 Å². The normalized spacial score (nSPS) is 34.3. The first-order valence-corrected chi connectivity index (χ1v) is 20.6. The first-order valence-electron chi connectivity index (χ1n) is 20.6. The van der Waals surface area contributed by atoms with E-state index in [-0.39, 0.29) is 24.3 Å². The number of hydrogen-bond acceptors (Lipinski definition) is 5. The second-order valence-electron chi connectivity index (χ2n) is 16.5. The van der Waals surface area contributed by atoms with Gasteiger partial charge in [0.1, 0.15) is 0 Å². The van der Waals surface area contributed by atoms with Crippen molar-refractivity contribution in [2.75, 3.05) is 13.1 Å². The Hall–Kier alpha value is -0.200. The number of fused-ring (bicyclic) bond motifs is 1. The van der Waals surface area contributed by atoms with Crippen LogP contribution < -0.4 is 10.6 Å². The van der Waals surface area contributed by atoms with Gasteiger partial charge < -0.3 is 20.8 Å². The van der Waals surface area contributed by atoms with Crippen molar-refractivity contribution in [3.63, 3.8) is 0 Å². The smallest absolute Gasteiger partial charge is 0.0691 e. The fourth-order valence-electron chi connectivity index (χ4n) is 9.70. The Morgan fingerprint density at radius 2 is 0.978 bits per heavy atom. The molecular formula is C40H77N3O2. The third kappa shape index (κ3) is 14.1. The molecule has 45 heavy (non-hydrogen) atoms. The van der Waals surface area contributed by atoms with Crippen LogP contribution in [0.1, 0.15) is 187 Å². The van der Waals surface area contributed by atoms with Crippen molar-refractivity contribution in [2.45, 2.75) is 230 Å². The minimum atomic E-state index is -0.138. The Morgan fingerprint density at radius 1 is 0.533 bits per heavy atom. The van der Waals surface area contributed by atoms with Gasteiger partial charge >= 0.3 is 0 Å². The van der Waals surface area contributed by atoms with E-state index in [2.05, 4.69) is 29.4 Å². The third-order valence-corrected chi connectivity index (χ3v) is 12.7. The molecule has 0 saturated carbocycles. The summed E-state index contributed by atoms with van der Waals surface area (Å²) in [6.07, 6.45) is 36.8. The molecular weight excluding hydrogens is 554 g/mol. The molecule has 4 rings (SSSR count). The zero-order valence-corrected chi connectivity index (χ0v) is 30.0. The lowest BCUT2D eigenvalue weighted by molar-refractivity contribution is 0.0775. The molecule has 4 heterocycles. The van der Waals surface area contributed by atoms with Gasteiger partial charge in [0, 0.05) is 36.8 Å². The van der Waals surface area contributed by atoms with Crippen LogP contribution in [0.3, 0.4) is 0 Å². The van der Waals surface area contributed by atoms with Gasteiger partial charge in [-0.05, 0) is 103 Å². The van der Waals surface area contributed by atoms with Crippen molar-refractivity contribution in [2.24, 2.45) is 11.8 Å². The van der Waals surface area contributed by atoms with Crippen LogP contribution in [0.15, 0.2) is 0 Å². The van der Waals surface area contributed by atoms with E-state index in [1.165, 1.54) is 161 Å². The summed E-state index contributed by atoms with van der Waals surface area (Å²) >= 11 is 0. The maximum absolute atomic E-state index is 9.89. The average molecular weight is 632 g/mol. The van der Waals surface area contributed by atoms with Crippen molar-refractivity contribution in [1.82, 2.24) is 15.5 Å². The fraction of sp³-hybridized carbons (Fsp3) is 1.00. The molecule has 0 aliphatic carbocycles. The summed E-state index contributed by atoms with van der Waals surface area (Å²) in [5.41, 5.74) is 0. The van der Waals surface area contributed by atoms with Gasteiger partial charge in [-0.15, -0.1) is 0 Å². The van der Waals surface area contributed by atoms with E-state index in [0.29, 0.717) is 12.1 Å². The molecule has 264 valence electrons. The number of unbranched alkanes of at least 4 members (excludes halogenated alkanes) is 14. The van der Waals surface area contributed by atoms with Crippen LogP contribution in [-0.2, 0) is 0 Å². The zero-order chi connectivity index (χ0) is 31.7. The lowest BCUT2D eigenvalue weighted by atomic mass is 9.78. The molecule has 4 N–H and O–H groups in total. The highest BCUT2D eigenvalue weighted by molar-refractivity contribution is 4.92. The van der Waals surface area contributed by atoms with Crippen LogP contribution in [0.25, 0.3) is 0 Å². The molecule has 0 aromatic carbocycles. The number of rotatable bonds is 22. The summed E-state index contributed by atoms with van der Waals surface area (Å²) in [6.45, 7) is 7.05. The van der Waals surface area contributed by atoms with E-state index in [1.54, 1.807) is 0 Å². The van der Waals surface area contributed by atoms with Crippen molar-refractivity contribution in [3.8, 4) is 0 Å². The van der Waals surface area contributed by atoms with Crippen LogP contribution in [0.5, 0.6) is 0 Å². The highest BCUT2D eigenvalue weighted by Gasteiger charge is 2.37. The molecule has 4 saturated heterocycles. The molecule has 5 nitrogen and oxygen atoms in total. The van der Waals surface area contributed by atoms with Gasteiger partial charge in [0.25, 0.3) is 0 Å². The van der Waals surface area contributed by atoms with Gasteiger partial charge in [-0.25, -0.2) is 0 Å². The average Bonchev–Trinajstić information content (AvgIpc) is 3.51. The Bertz CT molecular complexity index is 751. The Balaban J connectivity index is 0.944. The van der Waals surface area contributed by atoms with Crippen molar-refractivity contribution < 1.29 is 10.2 Å². The van der Waals surface area contributed by atoms with E-state index < -0.39 is 0 Å². The summed E-state index contributed by atoms with van der Waals surface area (Å²) in [5, 5.41) is 27.0. The molecule has 4 aliphatic rings. The van der Waals surface area contributed by atoms with Crippen molar-refractivity contribution in [3.05, 3.63) is 0 Å². The molecule has 9 atom stereocenters. The maximum Gasteiger partial charge on any atom is 0.0691 e. The molecule has 3 unspecified atom stereocenters. The third-order valence-electron chi connectivity index (χ3n) is 12.7. The van der Waals surface area contributed by atoms with Crippen LogP contribution in [-0.4, -0.2) is 70.6 Å². The standard InChI is InChI=1S/C40H77N3O2/c1-32-39(44)27-25-36(41-32)22-17-13-9-5-3-7-11-15-20-34-30-35(38-24-19-29-43(38)31-34)21-16-12-8-4-6-10-14-18-23-37-26-28-40(45)33(2)42-37/h32-42,44-45H,3-31H2,1-2H3/t32-,33-,34?,35?,36+,37+,38?,39-,40-/m0/s1. The van der Waals surface area contributed by atoms with Crippen LogP contribution in [0, 0.1) is 11.8 Å². The monoisotopic (exact) mass is 632 g/mol. The second kappa shape index (κ2) is 21.7. The van der Waals surface area contributed by atoms with E-state index in [9.17, 15) is 10.2 Å². The molecule has 5 heteroatoms. The Labute approximate surface area is 279 Å². The minimum Gasteiger partial charge on any atom is -0.392 e. The van der Waals surface area contributed by atoms with E-state index in [4.69, 9.17) is 0 Å². The lowest BCUT2D eigenvalue weighted by Crippen LogP contribution is -2.48. The number of aliphatic hydroxyl groups is 2. The highest BCUT2D eigenvalue weighted by atomic mass is 16.3. The number of hydrogen-bond donors (Lipinski definition) is 4. The van der Waals surface area contributed by atoms with E-state index in [0.717, 1.165) is 43.6 Å². The number of aliphatic hydroxyl groups excluding tert-OH is 2. The zero-order valence-electron chi connectivity index (χ0n) is 30.0. The first-order chi connectivity index (χ1) is 22.0. The fourth-order valence-corrected chi connectivity index (χ4v) is 9.70. The summed E-state index contributed by atoms with van der Waals surface area (Å²) in [5.74, 6) is 1.96. The highest BCUT2D eigenvalue weighted by Crippen LogP contribution is 2.39. The van der Waals surface area contributed by atoms with Gasteiger partial charge in [0.15, 0.2) is 0 Å². The summed E-state index contributed by atoms with van der Waals surface area (Å²) in [6, 6.07) is 2.76. The van der Waals surface area contributed by atoms with Crippen molar-refractivity contribution in [1.29, 1.82) is 0 Å². The summed E-state index contributed by atoms with van der Waals surface area (Å²) in [7, 11) is 0. The van der Waals surface area contributed by atoms with Gasteiger partial charge in [-0.1, -0.05) is 103 Å². The van der Waals surface area contributed by atoms with E-state index in [1.807, 2.05) is 0 Å². The van der Waals surface area contributed by atoms with E-state index >= 15 is 0 Å². The molecule has 0 radical (unpaired) electrons. The predicted molar refractivity (Wildman–Crippen MR) is 192 cm³/mol. The second-order valence-corrected chi connectivity index (χ2v) is 16.5. The van der Waals surface area contributed by atoms with Gasteiger partial charge in [0.05, 0.1) is 12.2 Å². The molecule has 0 aromatic rings. The molecule has 0 amide bonds. The van der Waals surface area contributed by atoms with Gasteiger partial charge in [-0.2, -0.15) is 0 Å². The largest absolute Gasteiger partial charge is 0.392 e. The first kappa shape index (κ1) is 37.6. The molecule has 4 aliphatic heterocycles. The molecule has 0 spiro atoms. The summed E-state index contributed by atoms with van der Waals surface area (Å²) in [4.78, 5) is 2.91. The number of nitrogens with one attached hydrogen (secondary N) is 2. The van der Waals surface area contributed by atoms with Crippen LogP contribution >= 0.6 is 0 Å². The summed E-state index contributed by atoms with van der Waals surface area (Å²) < 4.78 is 0. The quantitative estimate of drug-likeness (QED) is 0.0899. The number of nitrogens with zero attached hydrogens (tertiary/aromatic N) is 1. The molecule has 4 fully saturated rings. The van der Waals surface area contributed by atoms with Crippen LogP contribution in [0.4, 0.5) is 0 Å². The van der Waals surface area contributed by atoms with Crippen LogP contribution in [0.2, 0.25) is 0 Å². The number of piperidine rings is 3.